The normalized spacial score (nSPS) is 15.9. The third kappa shape index (κ3) is 4.57. The lowest BCUT2D eigenvalue weighted by atomic mass is 9.94. The van der Waals surface area contributed by atoms with Crippen LogP contribution < -0.4 is 0 Å². The third-order valence-corrected chi connectivity index (χ3v) is 6.23. The van der Waals surface area contributed by atoms with Crippen LogP contribution in [0.4, 0.5) is 4.39 Å². The van der Waals surface area contributed by atoms with E-state index < -0.39 is 0 Å². The summed E-state index contributed by atoms with van der Waals surface area (Å²) < 4.78 is 15.8. The van der Waals surface area contributed by atoms with Crippen molar-refractivity contribution in [3.63, 3.8) is 0 Å². The van der Waals surface area contributed by atoms with Crippen LogP contribution >= 0.6 is 0 Å². The largest absolute Gasteiger partial charge is 0.338 e. The summed E-state index contributed by atoms with van der Waals surface area (Å²) in [6.45, 7) is 1.27. The lowest BCUT2D eigenvalue weighted by Gasteiger charge is -2.32. The standard InChI is InChI=1S/C26H25FN6O/c1-32-12-10-29-25(32)24-16-28-15-23(31-24)20-6-4-11-33(17-20)26(34)19-8-9-21(30-14-19)13-18-5-2-3-7-22(18)27/h2-3,5,7-10,12,14-16,20H,4,6,11,13,17H2,1H3. The second kappa shape index (κ2) is 9.51. The van der Waals surface area contributed by atoms with Gasteiger partial charge in [0.15, 0.2) is 5.82 Å². The van der Waals surface area contributed by atoms with Gasteiger partial charge >= 0.3 is 0 Å². The molecule has 1 amide bonds. The molecule has 1 aliphatic rings. The van der Waals surface area contributed by atoms with E-state index in [1.165, 1.54) is 6.07 Å². The van der Waals surface area contributed by atoms with E-state index in [1.54, 1.807) is 55.1 Å². The fraction of sp³-hybridized carbons (Fsp3) is 0.269. The molecule has 8 heteroatoms. The predicted molar refractivity (Wildman–Crippen MR) is 126 cm³/mol. The first-order chi connectivity index (χ1) is 16.6. The molecule has 4 heterocycles. The first-order valence-electron chi connectivity index (χ1n) is 11.4. The summed E-state index contributed by atoms with van der Waals surface area (Å²) in [6, 6.07) is 10.2. The molecule has 3 aromatic heterocycles. The lowest BCUT2D eigenvalue weighted by molar-refractivity contribution is 0.0705. The van der Waals surface area contributed by atoms with Crippen molar-refractivity contribution in [2.45, 2.75) is 25.2 Å². The van der Waals surface area contributed by atoms with Crippen LogP contribution in [0, 0.1) is 5.82 Å². The molecule has 1 saturated heterocycles. The number of rotatable bonds is 5. The molecular formula is C26H25FN6O. The van der Waals surface area contributed by atoms with Gasteiger partial charge in [-0.25, -0.2) is 14.4 Å². The molecule has 7 nitrogen and oxygen atoms in total. The van der Waals surface area contributed by atoms with Gasteiger partial charge in [0, 0.05) is 63.0 Å². The Balaban J connectivity index is 1.28. The molecule has 1 fully saturated rings. The molecule has 0 saturated carbocycles. The molecule has 4 aromatic rings. The Hall–Kier alpha value is -3.94. The second-order valence-electron chi connectivity index (χ2n) is 8.59. The van der Waals surface area contributed by atoms with E-state index in [-0.39, 0.29) is 17.6 Å². The van der Waals surface area contributed by atoms with Crippen LogP contribution in [0.1, 0.15) is 46.1 Å². The zero-order valence-electron chi connectivity index (χ0n) is 18.9. The number of amides is 1. The highest BCUT2D eigenvalue weighted by Gasteiger charge is 2.27. The van der Waals surface area contributed by atoms with Crippen LogP contribution in [0.25, 0.3) is 11.5 Å². The molecule has 0 spiro atoms. The Morgan fingerprint density at radius 1 is 1.12 bits per heavy atom. The van der Waals surface area contributed by atoms with Gasteiger partial charge in [0.1, 0.15) is 11.5 Å². The molecule has 1 unspecified atom stereocenters. The Kier molecular flexibility index (Phi) is 6.12. The third-order valence-electron chi connectivity index (χ3n) is 6.23. The summed E-state index contributed by atoms with van der Waals surface area (Å²) in [5.41, 5.74) is 3.44. The van der Waals surface area contributed by atoms with Crippen molar-refractivity contribution in [1.29, 1.82) is 0 Å². The molecule has 172 valence electrons. The number of aryl methyl sites for hydroxylation is 1. The van der Waals surface area contributed by atoms with Crippen molar-refractivity contribution in [3.05, 3.63) is 95.7 Å². The molecule has 0 aliphatic carbocycles. The van der Waals surface area contributed by atoms with Crippen molar-refractivity contribution >= 4 is 5.91 Å². The van der Waals surface area contributed by atoms with Gasteiger partial charge < -0.3 is 9.47 Å². The minimum atomic E-state index is -0.251. The molecule has 0 radical (unpaired) electrons. The summed E-state index contributed by atoms with van der Waals surface area (Å²) in [6.07, 6.45) is 10.9. The van der Waals surface area contributed by atoms with E-state index in [0.29, 0.717) is 30.6 Å². The number of likely N-dealkylation sites (tertiary alicyclic amines) is 1. The molecule has 5 rings (SSSR count). The number of aromatic nitrogens is 5. The van der Waals surface area contributed by atoms with Gasteiger partial charge in [-0.2, -0.15) is 0 Å². The van der Waals surface area contributed by atoms with Gasteiger partial charge in [0.2, 0.25) is 0 Å². The van der Waals surface area contributed by atoms with Gasteiger partial charge in [0.05, 0.1) is 17.5 Å². The topological polar surface area (TPSA) is 76.8 Å². The number of pyridine rings is 1. The van der Waals surface area contributed by atoms with Gasteiger partial charge in [0.25, 0.3) is 5.91 Å². The van der Waals surface area contributed by atoms with E-state index in [2.05, 4.69) is 15.0 Å². The van der Waals surface area contributed by atoms with Crippen LogP contribution in [0.5, 0.6) is 0 Å². The number of imidazole rings is 1. The Labute approximate surface area is 197 Å². The average Bonchev–Trinajstić information content (AvgIpc) is 3.31. The van der Waals surface area contributed by atoms with Crippen molar-refractivity contribution in [2.75, 3.05) is 13.1 Å². The fourth-order valence-corrected chi connectivity index (χ4v) is 4.38. The van der Waals surface area contributed by atoms with Crippen LogP contribution in [0.3, 0.4) is 0 Å². The van der Waals surface area contributed by atoms with Crippen molar-refractivity contribution in [3.8, 4) is 11.5 Å². The number of benzene rings is 1. The van der Waals surface area contributed by atoms with Gasteiger partial charge in [-0.3, -0.25) is 14.8 Å². The lowest BCUT2D eigenvalue weighted by Crippen LogP contribution is -2.39. The number of piperidine rings is 1. The van der Waals surface area contributed by atoms with Crippen LogP contribution in [-0.2, 0) is 13.5 Å². The highest BCUT2D eigenvalue weighted by molar-refractivity contribution is 5.94. The van der Waals surface area contributed by atoms with Crippen molar-refractivity contribution < 1.29 is 9.18 Å². The second-order valence-corrected chi connectivity index (χ2v) is 8.59. The number of nitrogens with zero attached hydrogens (tertiary/aromatic N) is 6. The summed E-state index contributed by atoms with van der Waals surface area (Å²) in [5.74, 6) is 0.570. The SMILES string of the molecule is Cn1ccnc1-c1cncc(C2CCCN(C(=O)c3ccc(Cc4ccccc4F)nc3)C2)n1. The predicted octanol–water partition coefficient (Wildman–Crippen LogP) is 4.02. The number of hydrogen-bond donors (Lipinski definition) is 0. The van der Waals surface area contributed by atoms with Crippen molar-refractivity contribution in [2.24, 2.45) is 7.05 Å². The van der Waals surface area contributed by atoms with E-state index >= 15 is 0 Å². The van der Waals surface area contributed by atoms with Crippen LogP contribution in [0.2, 0.25) is 0 Å². The number of carbonyl (C=O) groups is 1. The minimum absolute atomic E-state index is 0.0529. The molecule has 1 aliphatic heterocycles. The Bertz CT molecular complexity index is 1300. The highest BCUT2D eigenvalue weighted by Crippen LogP contribution is 2.27. The van der Waals surface area contributed by atoms with Crippen LogP contribution in [0.15, 0.2) is 67.4 Å². The van der Waals surface area contributed by atoms with E-state index in [0.717, 1.165) is 35.7 Å². The van der Waals surface area contributed by atoms with Gasteiger partial charge in [-0.15, -0.1) is 0 Å². The van der Waals surface area contributed by atoms with Crippen molar-refractivity contribution in [1.82, 2.24) is 29.4 Å². The summed E-state index contributed by atoms with van der Waals surface area (Å²) in [7, 11) is 1.92. The Morgan fingerprint density at radius 3 is 2.76 bits per heavy atom. The minimum Gasteiger partial charge on any atom is -0.338 e. The smallest absolute Gasteiger partial charge is 0.255 e. The van der Waals surface area contributed by atoms with Crippen LogP contribution in [-0.4, -0.2) is 48.4 Å². The number of halogens is 1. The molecule has 1 aromatic carbocycles. The summed E-state index contributed by atoms with van der Waals surface area (Å²) >= 11 is 0. The van der Waals surface area contributed by atoms with E-state index in [1.807, 2.05) is 22.7 Å². The zero-order valence-corrected chi connectivity index (χ0v) is 18.9. The molecule has 1 atom stereocenters. The summed E-state index contributed by atoms with van der Waals surface area (Å²) in [5, 5.41) is 0. The molecular weight excluding hydrogens is 431 g/mol. The number of carbonyl (C=O) groups excluding carboxylic acids is 1. The molecule has 0 bridgehead atoms. The van der Waals surface area contributed by atoms with Gasteiger partial charge in [-0.1, -0.05) is 18.2 Å². The first-order valence-corrected chi connectivity index (χ1v) is 11.4. The van der Waals surface area contributed by atoms with E-state index in [4.69, 9.17) is 4.98 Å². The maximum Gasteiger partial charge on any atom is 0.255 e. The number of hydrogen-bond acceptors (Lipinski definition) is 5. The monoisotopic (exact) mass is 456 g/mol. The summed E-state index contributed by atoms with van der Waals surface area (Å²) in [4.78, 5) is 33.0. The van der Waals surface area contributed by atoms with E-state index in [9.17, 15) is 9.18 Å². The Morgan fingerprint density at radius 2 is 2.00 bits per heavy atom. The quantitative estimate of drug-likeness (QED) is 0.453. The molecule has 0 N–H and O–H groups in total. The zero-order chi connectivity index (χ0) is 23.5. The fourth-order valence-electron chi connectivity index (χ4n) is 4.38. The highest BCUT2D eigenvalue weighted by atomic mass is 19.1. The first kappa shape index (κ1) is 21.9. The molecule has 34 heavy (non-hydrogen) atoms. The maximum absolute atomic E-state index is 13.9. The maximum atomic E-state index is 13.9. The van der Waals surface area contributed by atoms with Gasteiger partial charge in [-0.05, 0) is 36.6 Å². The average molecular weight is 457 g/mol.